The number of benzene rings is 1. The molecule has 0 bridgehead atoms. The van der Waals surface area contributed by atoms with Crippen LogP contribution >= 0.6 is 11.3 Å². The first-order valence-electron chi connectivity index (χ1n) is 12.1. The molecule has 1 unspecified atom stereocenters. The van der Waals surface area contributed by atoms with Gasteiger partial charge in [-0.15, -0.1) is 11.3 Å². The molecule has 1 aliphatic rings. The van der Waals surface area contributed by atoms with Gasteiger partial charge in [0.15, 0.2) is 5.57 Å². The minimum absolute atomic E-state index is 0.136. The lowest BCUT2D eigenvalue weighted by Crippen LogP contribution is -2.41. The number of nitrogens with one attached hydrogen (secondary N) is 3. The van der Waals surface area contributed by atoms with Crippen molar-refractivity contribution in [2.45, 2.75) is 46.2 Å². The van der Waals surface area contributed by atoms with Crippen molar-refractivity contribution in [3.8, 4) is 6.07 Å². The largest absolute Gasteiger partial charge is 0.462 e. The van der Waals surface area contributed by atoms with Crippen molar-refractivity contribution in [3.05, 3.63) is 43.8 Å². The van der Waals surface area contributed by atoms with Gasteiger partial charge in [-0.3, -0.25) is 14.3 Å². The van der Waals surface area contributed by atoms with Crippen molar-refractivity contribution < 1.29 is 14.3 Å². The number of anilines is 2. The summed E-state index contributed by atoms with van der Waals surface area (Å²) in [5.41, 5.74) is 0.856. The van der Waals surface area contributed by atoms with Crippen LogP contribution in [0.2, 0.25) is 0 Å². The second-order valence-electron chi connectivity index (χ2n) is 8.15. The van der Waals surface area contributed by atoms with Crippen molar-refractivity contribution in [3.63, 3.8) is 0 Å². The van der Waals surface area contributed by atoms with Gasteiger partial charge in [0.1, 0.15) is 15.3 Å². The summed E-state index contributed by atoms with van der Waals surface area (Å²) in [6, 6.07) is 9.07. The number of amides is 2. The summed E-state index contributed by atoms with van der Waals surface area (Å²) in [6.07, 6.45) is 3.80. The predicted octanol–water partition coefficient (Wildman–Crippen LogP) is 1.62. The van der Waals surface area contributed by atoms with Crippen molar-refractivity contribution in [1.82, 2.24) is 14.8 Å². The average molecular weight is 513 g/mol. The van der Waals surface area contributed by atoms with Crippen LogP contribution in [0.25, 0.3) is 11.8 Å². The van der Waals surface area contributed by atoms with Gasteiger partial charge in [0.2, 0.25) is 0 Å². The van der Waals surface area contributed by atoms with Gasteiger partial charge in [0, 0.05) is 36.7 Å². The summed E-state index contributed by atoms with van der Waals surface area (Å²) in [4.78, 5) is 39.6. The molecule has 36 heavy (non-hydrogen) atoms. The fraction of sp³-hybridized carbons (Fsp3) is 0.440. The molecule has 10 nitrogen and oxygen atoms in total. The van der Waals surface area contributed by atoms with E-state index >= 15 is 0 Å². The van der Waals surface area contributed by atoms with E-state index in [1.165, 1.54) is 4.57 Å². The molecule has 1 atom stereocenters. The van der Waals surface area contributed by atoms with E-state index in [4.69, 9.17) is 4.74 Å². The zero-order valence-electron chi connectivity index (χ0n) is 20.8. The Morgan fingerprint density at radius 2 is 1.92 bits per heavy atom. The molecule has 1 aliphatic heterocycles. The Bertz CT molecular complexity index is 1290. The van der Waals surface area contributed by atoms with E-state index in [0.717, 1.165) is 37.3 Å². The smallest absolute Gasteiger partial charge is 0.351 e. The third-order valence-electron chi connectivity index (χ3n) is 5.95. The zero-order valence-corrected chi connectivity index (χ0v) is 21.6. The van der Waals surface area contributed by atoms with E-state index in [-0.39, 0.29) is 28.4 Å². The number of aromatic nitrogens is 1. The van der Waals surface area contributed by atoms with Gasteiger partial charge in [-0.25, -0.2) is 9.59 Å². The normalized spacial score (nSPS) is 16.8. The maximum absolute atomic E-state index is 12.8. The SMILES string of the molecule is CCOC(=O)C(C#N)=c1sc(=CNc2ccc(NC(=O)NCC3CCCN3CC)cc2)c(=O)n1CC. The topological polar surface area (TPSA) is 128 Å². The molecule has 1 fully saturated rings. The van der Waals surface area contributed by atoms with Crippen LogP contribution in [0.5, 0.6) is 0 Å². The van der Waals surface area contributed by atoms with Crippen LogP contribution in [0.15, 0.2) is 29.1 Å². The zero-order chi connectivity index (χ0) is 26.1. The molecule has 1 aromatic heterocycles. The van der Waals surface area contributed by atoms with E-state index in [1.807, 2.05) is 6.07 Å². The molecule has 0 saturated carbocycles. The second kappa shape index (κ2) is 12.9. The summed E-state index contributed by atoms with van der Waals surface area (Å²) in [5.74, 6) is -0.749. The maximum Gasteiger partial charge on any atom is 0.351 e. The van der Waals surface area contributed by atoms with E-state index in [2.05, 4.69) is 27.8 Å². The Kier molecular flexibility index (Phi) is 9.67. The van der Waals surface area contributed by atoms with Crippen molar-refractivity contribution in [1.29, 1.82) is 5.26 Å². The van der Waals surface area contributed by atoms with E-state index in [0.29, 0.717) is 35.0 Å². The molecule has 3 rings (SSSR count). The molecule has 1 saturated heterocycles. The second-order valence-corrected chi connectivity index (χ2v) is 9.18. The van der Waals surface area contributed by atoms with Gasteiger partial charge in [-0.05, 0) is 64.0 Å². The molecule has 11 heteroatoms. The van der Waals surface area contributed by atoms with Crippen molar-refractivity contribution in [2.75, 3.05) is 36.9 Å². The molecule has 2 amide bonds. The minimum Gasteiger partial charge on any atom is -0.462 e. The number of likely N-dealkylation sites (N-methyl/N-ethyl adjacent to an activating group) is 1. The Hall–Kier alpha value is -3.62. The van der Waals surface area contributed by atoms with E-state index in [9.17, 15) is 19.6 Å². The first kappa shape index (κ1) is 27.0. The monoisotopic (exact) mass is 512 g/mol. The lowest BCUT2D eigenvalue weighted by molar-refractivity contribution is -0.136. The third-order valence-corrected chi connectivity index (χ3v) is 7.08. The molecule has 192 valence electrons. The van der Waals surface area contributed by atoms with Gasteiger partial charge in [-0.1, -0.05) is 6.92 Å². The highest BCUT2D eigenvalue weighted by Crippen LogP contribution is 2.16. The number of likely N-dealkylation sites (tertiary alicyclic amines) is 1. The third kappa shape index (κ3) is 6.53. The highest BCUT2D eigenvalue weighted by molar-refractivity contribution is 7.07. The Morgan fingerprint density at radius 1 is 1.19 bits per heavy atom. The number of nitriles is 1. The van der Waals surface area contributed by atoms with Gasteiger partial charge < -0.3 is 20.7 Å². The van der Waals surface area contributed by atoms with Gasteiger partial charge in [-0.2, -0.15) is 5.26 Å². The first-order chi connectivity index (χ1) is 17.4. The number of carbonyl (C=O) groups excluding carboxylic acids is 2. The first-order valence-corrected chi connectivity index (χ1v) is 12.9. The number of carbonyl (C=O) groups is 2. The minimum atomic E-state index is -0.749. The number of nitrogens with zero attached hydrogens (tertiary/aromatic N) is 3. The van der Waals surface area contributed by atoms with Crippen LogP contribution in [-0.4, -0.2) is 53.8 Å². The summed E-state index contributed by atoms with van der Waals surface area (Å²) in [6.45, 7) is 8.69. The van der Waals surface area contributed by atoms with E-state index in [1.54, 1.807) is 44.3 Å². The summed E-state index contributed by atoms with van der Waals surface area (Å²) >= 11 is 1.05. The lowest BCUT2D eigenvalue weighted by Gasteiger charge is -2.22. The molecular weight excluding hydrogens is 480 g/mol. The Labute approximate surface area is 213 Å². The van der Waals surface area contributed by atoms with Gasteiger partial charge >= 0.3 is 12.0 Å². The summed E-state index contributed by atoms with van der Waals surface area (Å²) < 4.78 is 6.94. The predicted molar refractivity (Wildman–Crippen MR) is 141 cm³/mol. The molecule has 3 N–H and O–H groups in total. The standard InChI is InChI=1S/C25H32N6O4S/c1-4-30-13-7-8-19(30)15-28-25(34)29-18-11-9-17(10-12-18)27-16-21-22(32)31(5-2)23(36-21)20(14-26)24(33)35-6-3/h9-12,16,19,27H,4-8,13,15H2,1-3H3,(H2,28,29,34). The summed E-state index contributed by atoms with van der Waals surface area (Å²) in [5, 5.41) is 18.3. The number of ether oxygens (including phenoxy) is 1. The summed E-state index contributed by atoms with van der Waals surface area (Å²) in [7, 11) is 0. The van der Waals surface area contributed by atoms with E-state index < -0.39 is 5.97 Å². The fourth-order valence-corrected chi connectivity index (χ4v) is 5.18. The number of hydrogen-bond acceptors (Lipinski definition) is 8. The lowest BCUT2D eigenvalue weighted by atomic mass is 10.2. The van der Waals surface area contributed by atoms with Crippen LogP contribution in [0.1, 0.15) is 33.6 Å². The number of urea groups is 1. The van der Waals surface area contributed by atoms with Crippen molar-refractivity contribution in [2.24, 2.45) is 0 Å². The van der Waals surface area contributed by atoms with Crippen molar-refractivity contribution >= 4 is 46.5 Å². The van der Waals surface area contributed by atoms with Crippen LogP contribution in [0, 0.1) is 11.3 Å². The van der Waals surface area contributed by atoms with Crippen LogP contribution < -0.4 is 30.7 Å². The van der Waals surface area contributed by atoms with Crippen LogP contribution in [0.4, 0.5) is 16.2 Å². The maximum atomic E-state index is 12.8. The molecule has 2 aromatic rings. The molecule has 0 spiro atoms. The number of rotatable bonds is 9. The average Bonchev–Trinajstić information content (AvgIpc) is 3.46. The quantitative estimate of drug-likeness (QED) is 0.436. The fourth-order valence-electron chi connectivity index (χ4n) is 4.10. The molecule has 1 aromatic carbocycles. The molecular formula is C25H32N6O4S. The number of esters is 1. The van der Waals surface area contributed by atoms with Crippen LogP contribution in [-0.2, 0) is 16.1 Å². The van der Waals surface area contributed by atoms with Gasteiger partial charge in [0.05, 0.1) is 6.61 Å². The highest BCUT2D eigenvalue weighted by atomic mass is 32.1. The number of hydrogen-bond donors (Lipinski definition) is 3. The van der Waals surface area contributed by atoms with Gasteiger partial charge in [0.25, 0.3) is 5.56 Å². The van der Waals surface area contributed by atoms with Crippen LogP contribution in [0.3, 0.4) is 0 Å². The Morgan fingerprint density at radius 3 is 2.56 bits per heavy atom. The molecule has 2 heterocycles. The highest BCUT2D eigenvalue weighted by Gasteiger charge is 2.23. The molecule has 0 aliphatic carbocycles. The Balaban J connectivity index is 1.68. The molecule has 0 radical (unpaired) electrons. The number of thiazole rings is 1.